The molecule has 107 valence electrons. The number of nitrogens with one attached hydrogen (secondary N) is 1. The fourth-order valence-corrected chi connectivity index (χ4v) is 2.58. The van der Waals surface area contributed by atoms with Crippen LogP contribution in [-0.2, 0) is 13.3 Å². The van der Waals surface area contributed by atoms with Crippen LogP contribution in [0.1, 0.15) is 27.2 Å². The van der Waals surface area contributed by atoms with Crippen molar-refractivity contribution in [2.75, 3.05) is 25.1 Å². The molecule has 1 N–H and O–H groups in total. The minimum atomic E-state index is -1.54. The van der Waals surface area contributed by atoms with Crippen molar-refractivity contribution in [1.29, 1.82) is 0 Å². The molecular formula is C14H24NO3Si. The largest absolute Gasteiger partial charge is 0.577 e. The summed E-state index contributed by atoms with van der Waals surface area (Å²) in [5.41, 5.74) is 1.13. The summed E-state index contributed by atoms with van der Waals surface area (Å²) in [5.74, 6) is 0. The summed E-state index contributed by atoms with van der Waals surface area (Å²) in [4.78, 5) is 0. The lowest BCUT2D eigenvalue weighted by Gasteiger charge is -2.17. The van der Waals surface area contributed by atoms with Gasteiger partial charge >= 0.3 is 9.53 Å². The van der Waals surface area contributed by atoms with E-state index in [2.05, 4.69) is 24.4 Å². The molecule has 1 atom stereocenters. The molecule has 1 aromatic carbocycles. The van der Waals surface area contributed by atoms with Gasteiger partial charge in [0.05, 0.1) is 0 Å². The van der Waals surface area contributed by atoms with Gasteiger partial charge in [-0.3, -0.25) is 0 Å². The van der Waals surface area contributed by atoms with Crippen LogP contribution in [0.15, 0.2) is 30.3 Å². The maximum Gasteiger partial charge on any atom is 0.577 e. The van der Waals surface area contributed by atoms with Crippen LogP contribution in [0.25, 0.3) is 0 Å². The second-order valence-corrected chi connectivity index (χ2v) is 5.53. The predicted molar refractivity (Wildman–Crippen MR) is 79.1 cm³/mol. The highest BCUT2D eigenvalue weighted by molar-refractivity contribution is 6.36. The van der Waals surface area contributed by atoms with Crippen LogP contribution < -0.4 is 5.32 Å². The van der Waals surface area contributed by atoms with Crippen molar-refractivity contribution in [2.24, 2.45) is 0 Å². The summed E-state index contributed by atoms with van der Waals surface area (Å²) in [6, 6.07) is 10.5. The van der Waals surface area contributed by atoms with Gasteiger partial charge in [0.1, 0.15) is 0 Å². The van der Waals surface area contributed by atoms with Crippen LogP contribution >= 0.6 is 0 Å². The van der Waals surface area contributed by atoms with Crippen molar-refractivity contribution in [3.63, 3.8) is 0 Å². The molecule has 4 nitrogen and oxygen atoms in total. The molecule has 0 spiro atoms. The van der Waals surface area contributed by atoms with Gasteiger partial charge in [-0.05, 0) is 39.3 Å². The van der Waals surface area contributed by atoms with Crippen LogP contribution in [0.4, 0.5) is 5.69 Å². The Kier molecular flexibility index (Phi) is 8.49. The van der Waals surface area contributed by atoms with Crippen LogP contribution in [0, 0.1) is 0 Å². The van der Waals surface area contributed by atoms with Gasteiger partial charge in [-0.15, -0.1) is 0 Å². The Balaban J connectivity index is 2.20. The fourth-order valence-electron chi connectivity index (χ4n) is 1.57. The van der Waals surface area contributed by atoms with Crippen molar-refractivity contribution >= 4 is 15.2 Å². The molecule has 0 heterocycles. The standard InChI is InChI=1S/C14H24NO3Si/c1-4-16-19(17-5-2)18-12-11-13(3)15-14-9-7-6-8-10-14/h6-10,13,15H,4-5,11-12H2,1-3H3. The fraction of sp³-hybridized carbons (Fsp3) is 0.571. The van der Waals surface area contributed by atoms with Crippen LogP contribution in [-0.4, -0.2) is 35.4 Å². The van der Waals surface area contributed by atoms with Gasteiger partial charge in [0, 0.05) is 31.5 Å². The number of hydrogen-bond acceptors (Lipinski definition) is 4. The van der Waals surface area contributed by atoms with Gasteiger partial charge in [-0.25, -0.2) is 0 Å². The van der Waals surface area contributed by atoms with E-state index >= 15 is 0 Å². The minimum absolute atomic E-state index is 0.355. The monoisotopic (exact) mass is 282 g/mol. The van der Waals surface area contributed by atoms with Gasteiger partial charge in [0.25, 0.3) is 0 Å². The third kappa shape index (κ3) is 7.32. The highest BCUT2D eigenvalue weighted by Crippen LogP contribution is 2.08. The van der Waals surface area contributed by atoms with E-state index in [0.717, 1.165) is 12.1 Å². The van der Waals surface area contributed by atoms with Gasteiger partial charge in [0.2, 0.25) is 0 Å². The topological polar surface area (TPSA) is 39.7 Å². The molecule has 0 fully saturated rings. The summed E-state index contributed by atoms with van der Waals surface area (Å²) in [6.45, 7) is 7.96. The number of hydrogen-bond donors (Lipinski definition) is 1. The third-order valence-corrected chi connectivity index (χ3v) is 3.97. The Morgan fingerprint density at radius 2 is 1.68 bits per heavy atom. The van der Waals surface area contributed by atoms with E-state index < -0.39 is 9.53 Å². The Labute approximate surface area is 118 Å². The summed E-state index contributed by atoms with van der Waals surface area (Å²) < 4.78 is 16.5. The molecule has 0 bridgehead atoms. The number of benzene rings is 1. The molecule has 1 unspecified atom stereocenters. The van der Waals surface area contributed by atoms with Crippen molar-refractivity contribution < 1.29 is 13.3 Å². The Bertz CT molecular complexity index is 318. The lowest BCUT2D eigenvalue weighted by Crippen LogP contribution is -2.29. The van der Waals surface area contributed by atoms with Crippen molar-refractivity contribution in [1.82, 2.24) is 0 Å². The molecule has 0 aliphatic rings. The molecule has 0 saturated heterocycles. The second kappa shape index (κ2) is 9.97. The first-order valence-electron chi connectivity index (χ1n) is 6.83. The van der Waals surface area contributed by atoms with Crippen LogP contribution in [0.2, 0.25) is 0 Å². The number of rotatable bonds is 10. The number of para-hydroxylation sites is 1. The molecule has 1 rings (SSSR count). The predicted octanol–water partition coefficient (Wildman–Crippen LogP) is 2.95. The zero-order valence-corrected chi connectivity index (χ0v) is 13.0. The molecule has 0 aromatic heterocycles. The first kappa shape index (κ1) is 16.2. The molecule has 1 radical (unpaired) electrons. The molecule has 0 aliphatic heterocycles. The average molecular weight is 282 g/mol. The maximum absolute atomic E-state index is 5.65. The van der Waals surface area contributed by atoms with E-state index in [9.17, 15) is 0 Å². The summed E-state index contributed by atoms with van der Waals surface area (Å²) in [6.07, 6.45) is 0.920. The van der Waals surface area contributed by atoms with E-state index in [1.165, 1.54) is 0 Å². The second-order valence-electron chi connectivity index (χ2n) is 4.16. The zero-order chi connectivity index (χ0) is 13.9. The summed E-state index contributed by atoms with van der Waals surface area (Å²) >= 11 is 0. The lowest BCUT2D eigenvalue weighted by molar-refractivity contribution is 0.100. The Morgan fingerprint density at radius 1 is 1.05 bits per heavy atom. The van der Waals surface area contributed by atoms with Gasteiger partial charge in [0.15, 0.2) is 0 Å². The minimum Gasteiger partial charge on any atom is -0.383 e. The average Bonchev–Trinajstić information content (AvgIpc) is 2.40. The lowest BCUT2D eigenvalue weighted by atomic mass is 10.2. The Morgan fingerprint density at radius 3 is 2.26 bits per heavy atom. The zero-order valence-electron chi connectivity index (χ0n) is 12.0. The van der Waals surface area contributed by atoms with Crippen molar-refractivity contribution in [2.45, 2.75) is 33.2 Å². The maximum atomic E-state index is 5.65. The first-order chi connectivity index (χ1) is 9.26. The van der Waals surface area contributed by atoms with Crippen LogP contribution in [0.3, 0.4) is 0 Å². The quantitative estimate of drug-likeness (QED) is 0.670. The summed E-state index contributed by atoms with van der Waals surface area (Å²) in [7, 11) is -1.54. The summed E-state index contributed by atoms with van der Waals surface area (Å²) in [5, 5.41) is 3.43. The van der Waals surface area contributed by atoms with E-state index in [-0.39, 0.29) is 0 Å². The molecular weight excluding hydrogens is 258 g/mol. The van der Waals surface area contributed by atoms with E-state index in [1.807, 2.05) is 32.0 Å². The normalized spacial score (nSPS) is 12.6. The smallest absolute Gasteiger partial charge is 0.383 e. The highest BCUT2D eigenvalue weighted by atomic mass is 28.3. The van der Waals surface area contributed by atoms with Crippen molar-refractivity contribution in [3.8, 4) is 0 Å². The molecule has 1 aromatic rings. The van der Waals surface area contributed by atoms with E-state index in [4.69, 9.17) is 13.3 Å². The van der Waals surface area contributed by atoms with Crippen LogP contribution in [0.5, 0.6) is 0 Å². The van der Waals surface area contributed by atoms with Gasteiger partial charge < -0.3 is 18.6 Å². The Hall–Kier alpha value is -0.883. The van der Waals surface area contributed by atoms with Gasteiger partial charge in [-0.1, -0.05) is 18.2 Å². The molecule has 0 amide bonds. The van der Waals surface area contributed by atoms with E-state index in [0.29, 0.717) is 25.9 Å². The third-order valence-electron chi connectivity index (χ3n) is 2.48. The molecule has 5 heteroatoms. The van der Waals surface area contributed by atoms with Crippen molar-refractivity contribution in [3.05, 3.63) is 30.3 Å². The molecule has 19 heavy (non-hydrogen) atoms. The first-order valence-corrected chi connectivity index (χ1v) is 8.05. The molecule has 0 saturated carbocycles. The highest BCUT2D eigenvalue weighted by Gasteiger charge is 2.17. The van der Waals surface area contributed by atoms with Gasteiger partial charge in [-0.2, -0.15) is 0 Å². The SMILES string of the molecule is CCO[Si](OCC)OCCC(C)Nc1ccccc1. The number of anilines is 1. The van der Waals surface area contributed by atoms with E-state index in [1.54, 1.807) is 0 Å². The molecule has 0 aliphatic carbocycles.